The summed E-state index contributed by atoms with van der Waals surface area (Å²) in [5.74, 6) is -0.464. The van der Waals surface area contributed by atoms with Crippen molar-refractivity contribution in [3.8, 4) is 0 Å². The molecular formula is C24H28F2N4O4S. The van der Waals surface area contributed by atoms with E-state index in [1.807, 2.05) is 0 Å². The topological polar surface area (TPSA) is 83.0 Å². The summed E-state index contributed by atoms with van der Waals surface area (Å²) in [4.78, 5) is 19.5. The normalized spacial score (nSPS) is 21.4. The van der Waals surface area contributed by atoms with Gasteiger partial charge in [0.05, 0.1) is 6.54 Å². The number of sulfonamides is 1. The van der Waals surface area contributed by atoms with Crippen LogP contribution in [0.5, 0.6) is 0 Å². The Kier molecular flexibility index (Phi) is 6.49. The first kappa shape index (κ1) is 24.1. The molecule has 35 heavy (non-hydrogen) atoms. The van der Waals surface area contributed by atoms with E-state index in [9.17, 15) is 22.0 Å². The summed E-state index contributed by atoms with van der Waals surface area (Å²) in [5, 5.41) is 0. The maximum absolute atomic E-state index is 14.0. The quantitative estimate of drug-likeness (QED) is 0.619. The van der Waals surface area contributed by atoms with Crippen molar-refractivity contribution in [2.75, 3.05) is 44.2 Å². The zero-order valence-corrected chi connectivity index (χ0v) is 20.1. The molecule has 1 amide bonds. The van der Waals surface area contributed by atoms with Crippen LogP contribution in [0.3, 0.4) is 0 Å². The van der Waals surface area contributed by atoms with Crippen molar-refractivity contribution >= 4 is 21.9 Å². The summed E-state index contributed by atoms with van der Waals surface area (Å²) in [5.41, 5.74) is 0.435. The number of rotatable bonds is 5. The van der Waals surface area contributed by atoms with Crippen molar-refractivity contribution < 1.29 is 26.7 Å². The molecule has 1 aromatic carbocycles. The Bertz CT molecular complexity index is 1190. The molecule has 0 saturated carbocycles. The molecule has 188 valence electrons. The van der Waals surface area contributed by atoms with Crippen LogP contribution in [-0.2, 0) is 21.3 Å². The fourth-order valence-corrected chi connectivity index (χ4v) is 6.61. The van der Waals surface area contributed by atoms with E-state index in [1.54, 1.807) is 0 Å². The third-order valence-corrected chi connectivity index (χ3v) is 9.38. The van der Waals surface area contributed by atoms with Crippen LogP contribution in [0.15, 0.2) is 41.4 Å². The number of piperidine rings is 2. The molecule has 3 aliphatic rings. The van der Waals surface area contributed by atoms with Gasteiger partial charge in [-0.05, 0) is 74.5 Å². The molecule has 4 heterocycles. The highest BCUT2D eigenvalue weighted by molar-refractivity contribution is 7.89. The fourth-order valence-electron chi connectivity index (χ4n) is 5.23. The smallest absolute Gasteiger partial charge is 0.415 e. The number of aromatic nitrogens is 1. The summed E-state index contributed by atoms with van der Waals surface area (Å²) < 4.78 is 60.2. The molecule has 0 N–H and O–H groups in total. The van der Waals surface area contributed by atoms with Crippen molar-refractivity contribution in [3.63, 3.8) is 0 Å². The van der Waals surface area contributed by atoms with E-state index >= 15 is 0 Å². The first-order valence-electron chi connectivity index (χ1n) is 11.8. The van der Waals surface area contributed by atoms with E-state index in [0.29, 0.717) is 37.6 Å². The summed E-state index contributed by atoms with van der Waals surface area (Å²) in [6, 6.07) is 6.55. The molecule has 0 atom stereocenters. The van der Waals surface area contributed by atoms with E-state index in [0.717, 1.165) is 50.9 Å². The van der Waals surface area contributed by atoms with E-state index in [4.69, 9.17) is 4.74 Å². The molecule has 5 rings (SSSR count). The van der Waals surface area contributed by atoms with Crippen molar-refractivity contribution in [1.82, 2.24) is 14.2 Å². The number of halogens is 2. The molecule has 2 aromatic rings. The minimum Gasteiger partial charge on any atom is -0.447 e. The van der Waals surface area contributed by atoms with Crippen LogP contribution in [0, 0.1) is 17.0 Å². The molecule has 11 heteroatoms. The molecule has 1 aromatic heterocycles. The second kappa shape index (κ2) is 9.44. The van der Waals surface area contributed by atoms with Crippen molar-refractivity contribution in [1.29, 1.82) is 0 Å². The average Bonchev–Trinajstić information content (AvgIpc) is 3.29. The van der Waals surface area contributed by atoms with Gasteiger partial charge in [-0.25, -0.2) is 27.0 Å². The van der Waals surface area contributed by atoms with E-state index in [2.05, 4.69) is 9.88 Å². The maximum Gasteiger partial charge on any atom is 0.415 e. The highest BCUT2D eigenvalue weighted by Gasteiger charge is 2.40. The molecule has 3 aliphatic heterocycles. The van der Waals surface area contributed by atoms with Gasteiger partial charge in [0.15, 0.2) is 0 Å². The molecule has 0 aliphatic carbocycles. The Morgan fingerprint density at radius 2 is 1.69 bits per heavy atom. The molecule has 0 unspecified atom stereocenters. The van der Waals surface area contributed by atoms with Gasteiger partial charge in [0, 0.05) is 31.4 Å². The Balaban J connectivity index is 1.17. The van der Waals surface area contributed by atoms with Gasteiger partial charge in [0.25, 0.3) is 0 Å². The molecule has 1 spiro atoms. The number of hydrogen-bond donors (Lipinski definition) is 0. The fraction of sp³-hybridized carbons (Fsp3) is 0.500. The Morgan fingerprint density at radius 1 is 0.971 bits per heavy atom. The van der Waals surface area contributed by atoms with Gasteiger partial charge in [-0.1, -0.05) is 0 Å². The predicted molar refractivity (Wildman–Crippen MR) is 124 cm³/mol. The van der Waals surface area contributed by atoms with E-state index < -0.39 is 27.8 Å². The van der Waals surface area contributed by atoms with Crippen molar-refractivity contribution in [2.24, 2.45) is 5.41 Å². The molecule has 0 radical (unpaired) electrons. The zero-order valence-electron chi connectivity index (χ0n) is 19.3. The lowest BCUT2D eigenvalue weighted by atomic mass is 9.71. The second-order valence-corrected chi connectivity index (χ2v) is 11.5. The molecule has 3 saturated heterocycles. The SMILES string of the molecule is O=C1OCCN1c1ccc(S(=O)(=O)N2CCC3(CCN(Cc4cc(F)ccc4F)CC3)CC2)cn1. The van der Waals surface area contributed by atoms with E-state index in [-0.39, 0.29) is 16.9 Å². The number of pyridine rings is 1. The third kappa shape index (κ3) is 4.89. The molecule has 0 bridgehead atoms. The number of ether oxygens (including phenoxy) is 1. The van der Waals surface area contributed by atoms with E-state index in [1.165, 1.54) is 33.6 Å². The molecular weight excluding hydrogens is 478 g/mol. The highest BCUT2D eigenvalue weighted by Crippen LogP contribution is 2.42. The van der Waals surface area contributed by atoms with Crippen LogP contribution in [0.25, 0.3) is 0 Å². The van der Waals surface area contributed by atoms with Gasteiger partial charge in [0.2, 0.25) is 10.0 Å². The highest BCUT2D eigenvalue weighted by atomic mass is 32.2. The Labute approximate surface area is 203 Å². The number of carbonyl (C=O) groups is 1. The lowest BCUT2D eigenvalue weighted by molar-refractivity contribution is 0.0525. The van der Waals surface area contributed by atoms with Crippen molar-refractivity contribution in [3.05, 3.63) is 53.7 Å². The van der Waals surface area contributed by atoms with Gasteiger partial charge in [-0.15, -0.1) is 0 Å². The monoisotopic (exact) mass is 506 g/mol. The standard InChI is InChI=1S/C24H28F2N4O4S/c25-19-1-3-21(26)18(15-19)17-28-9-5-24(6-10-28)7-11-29(12-8-24)35(32,33)20-2-4-22(27-16-20)30-13-14-34-23(30)31/h1-4,15-16H,5-14,17H2. The van der Waals surface area contributed by atoms with Gasteiger partial charge >= 0.3 is 6.09 Å². The number of benzene rings is 1. The number of cyclic esters (lactones) is 1. The van der Waals surface area contributed by atoms with Crippen LogP contribution in [0.1, 0.15) is 31.2 Å². The third-order valence-electron chi connectivity index (χ3n) is 7.50. The van der Waals surface area contributed by atoms with Gasteiger partial charge in [0.1, 0.15) is 29.0 Å². The minimum atomic E-state index is -3.68. The molecule has 8 nitrogen and oxygen atoms in total. The summed E-state index contributed by atoms with van der Waals surface area (Å²) in [6.07, 6.45) is 4.14. The molecule has 3 fully saturated rings. The minimum absolute atomic E-state index is 0.0707. The van der Waals surface area contributed by atoms with Gasteiger partial charge < -0.3 is 4.74 Å². The zero-order chi connectivity index (χ0) is 24.6. The number of nitrogens with zero attached hydrogens (tertiary/aromatic N) is 4. The maximum atomic E-state index is 14.0. The first-order chi connectivity index (χ1) is 16.8. The number of likely N-dealkylation sites (tertiary alicyclic amines) is 1. The predicted octanol–water partition coefficient (Wildman–Crippen LogP) is 3.38. The summed E-state index contributed by atoms with van der Waals surface area (Å²) >= 11 is 0. The van der Waals surface area contributed by atoms with Crippen molar-refractivity contribution in [2.45, 2.75) is 37.1 Å². The number of amides is 1. The van der Waals surface area contributed by atoms with Gasteiger partial charge in [-0.2, -0.15) is 4.31 Å². The van der Waals surface area contributed by atoms with Crippen LogP contribution in [-0.4, -0.2) is 68.0 Å². The summed E-state index contributed by atoms with van der Waals surface area (Å²) in [7, 11) is -3.68. The van der Waals surface area contributed by atoms with Gasteiger partial charge in [-0.3, -0.25) is 9.80 Å². The second-order valence-electron chi connectivity index (χ2n) is 9.53. The number of anilines is 1. The van der Waals surface area contributed by atoms with Crippen LogP contribution < -0.4 is 4.90 Å². The number of carbonyl (C=O) groups excluding carboxylic acids is 1. The lowest BCUT2D eigenvalue weighted by Crippen LogP contribution is -2.48. The summed E-state index contributed by atoms with van der Waals surface area (Å²) in [6.45, 7) is 3.46. The lowest BCUT2D eigenvalue weighted by Gasteiger charge is -2.46. The van der Waals surface area contributed by atoms with Crippen LogP contribution in [0.2, 0.25) is 0 Å². The Morgan fingerprint density at radius 3 is 2.31 bits per heavy atom. The largest absolute Gasteiger partial charge is 0.447 e. The average molecular weight is 507 g/mol. The first-order valence-corrected chi connectivity index (χ1v) is 13.3. The van der Waals surface area contributed by atoms with Crippen LogP contribution >= 0.6 is 0 Å². The van der Waals surface area contributed by atoms with Crippen LogP contribution in [0.4, 0.5) is 19.4 Å². The Hall–Kier alpha value is -2.63. The number of hydrogen-bond acceptors (Lipinski definition) is 6.